The van der Waals surface area contributed by atoms with Gasteiger partial charge in [0.05, 0.1) is 21.6 Å². The summed E-state index contributed by atoms with van der Waals surface area (Å²) in [4.78, 5) is 0. The lowest BCUT2D eigenvalue weighted by Gasteiger charge is -2.19. The normalized spacial score (nSPS) is 12.2. The first kappa shape index (κ1) is 16.5. The zero-order chi connectivity index (χ0) is 15.4. The van der Waals surface area contributed by atoms with Crippen molar-refractivity contribution in [1.29, 1.82) is 0 Å². The summed E-state index contributed by atoms with van der Waals surface area (Å²) >= 11 is 6.69. The van der Waals surface area contributed by atoms with Gasteiger partial charge in [0, 0.05) is 0 Å². The summed E-state index contributed by atoms with van der Waals surface area (Å²) in [6, 6.07) is 11.0. The minimum atomic E-state index is -0.266. The zero-order valence-corrected chi connectivity index (χ0v) is 15.0. The maximum Gasteiger partial charge on any atom is 0.137 e. The Morgan fingerprint density at radius 3 is 2.33 bits per heavy atom. The van der Waals surface area contributed by atoms with Crippen molar-refractivity contribution < 1.29 is 9.13 Å². The second-order valence-electron chi connectivity index (χ2n) is 4.52. The fraction of sp³-hybridized carbons (Fsp3) is 0.250. The molecule has 0 aliphatic heterocycles. The standard InChI is InChI=1S/C16H16Br2FNO/c1-3-21-15-7-5-10(8-13(15)18)16(20-2)11-4-6-12(17)14(19)9-11/h4-9,16,20H,3H2,1-2H3. The van der Waals surface area contributed by atoms with Crippen LogP contribution >= 0.6 is 31.9 Å². The van der Waals surface area contributed by atoms with Crippen molar-refractivity contribution in [1.82, 2.24) is 5.32 Å². The van der Waals surface area contributed by atoms with Crippen LogP contribution in [0.3, 0.4) is 0 Å². The molecule has 5 heteroatoms. The predicted octanol–water partition coefficient (Wildman–Crippen LogP) is 5.06. The Morgan fingerprint density at radius 2 is 1.76 bits per heavy atom. The summed E-state index contributed by atoms with van der Waals surface area (Å²) in [5.41, 5.74) is 1.91. The second kappa shape index (κ2) is 7.38. The van der Waals surface area contributed by atoms with Gasteiger partial charge in [0.15, 0.2) is 0 Å². The van der Waals surface area contributed by atoms with Gasteiger partial charge in [-0.05, 0) is 81.2 Å². The largest absolute Gasteiger partial charge is 0.493 e. The highest BCUT2D eigenvalue weighted by atomic mass is 79.9. The third-order valence-electron chi connectivity index (χ3n) is 3.15. The SMILES string of the molecule is CCOc1ccc(C(NC)c2ccc(Br)c(F)c2)cc1Br. The fourth-order valence-corrected chi connectivity index (χ4v) is 2.94. The molecular weight excluding hydrogens is 401 g/mol. The van der Waals surface area contributed by atoms with Gasteiger partial charge in [-0.2, -0.15) is 0 Å². The van der Waals surface area contributed by atoms with Crippen LogP contribution in [-0.2, 0) is 0 Å². The van der Waals surface area contributed by atoms with Gasteiger partial charge in [0.25, 0.3) is 0 Å². The molecule has 112 valence electrons. The highest BCUT2D eigenvalue weighted by molar-refractivity contribution is 9.10. The Bertz CT molecular complexity index is 634. The first-order chi connectivity index (χ1) is 10.1. The average Bonchev–Trinajstić information content (AvgIpc) is 2.46. The minimum Gasteiger partial charge on any atom is -0.493 e. The molecule has 0 spiro atoms. The van der Waals surface area contributed by atoms with Crippen molar-refractivity contribution in [2.45, 2.75) is 13.0 Å². The Kier molecular flexibility index (Phi) is 5.79. The van der Waals surface area contributed by atoms with E-state index >= 15 is 0 Å². The van der Waals surface area contributed by atoms with Crippen molar-refractivity contribution in [2.24, 2.45) is 0 Å². The van der Waals surface area contributed by atoms with E-state index in [2.05, 4.69) is 37.2 Å². The molecular formula is C16H16Br2FNO. The molecule has 0 heterocycles. The van der Waals surface area contributed by atoms with Crippen LogP contribution in [0.2, 0.25) is 0 Å². The van der Waals surface area contributed by atoms with Gasteiger partial charge in [-0.15, -0.1) is 0 Å². The number of rotatable bonds is 5. The van der Waals surface area contributed by atoms with E-state index in [1.54, 1.807) is 6.07 Å². The quantitative estimate of drug-likeness (QED) is 0.735. The predicted molar refractivity (Wildman–Crippen MR) is 90.3 cm³/mol. The van der Waals surface area contributed by atoms with Crippen molar-refractivity contribution in [3.63, 3.8) is 0 Å². The van der Waals surface area contributed by atoms with E-state index < -0.39 is 0 Å². The molecule has 1 atom stereocenters. The van der Waals surface area contributed by atoms with Crippen LogP contribution in [0.15, 0.2) is 45.3 Å². The van der Waals surface area contributed by atoms with Gasteiger partial charge in [-0.25, -0.2) is 4.39 Å². The second-order valence-corrected chi connectivity index (χ2v) is 6.23. The smallest absolute Gasteiger partial charge is 0.137 e. The minimum absolute atomic E-state index is 0.0837. The Labute approximate surface area is 141 Å². The Balaban J connectivity index is 2.36. The molecule has 2 aromatic rings. The number of hydrogen-bond donors (Lipinski definition) is 1. The molecule has 0 saturated heterocycles. The van der Waals surface area contributed by atoms with Gasteiger partial charge >= 0.3 is 0 Å². The highest BCUT2D eigenvalue weighted by Crippen LogP contribution is 2.31. The molecule has 2 rings (SSSR count). The maximum atomic E-state index is 13.7. The summed E-state index contributed by atoms with van der Waals surface area (Å²) < 4.78 is 20.6. The monoisotopic (exact) mass is 415 g/mol. The molecule has 21 heavy (non-hydrogen) atoms. The lowest BCUT2D eigenvalue weighted by molar-refractivity contribution is 0.338. The first-order valence-corrected chi connectivity index (χ1v) is 8.19. The summed E-state index contributed by atoms with van der Waals surface area (Å²) in [7, 11) is 1.86. The van der Waals surface area contributed by atoms with E-state index in [9.17, 15) is 4.39 Å². The van der Waals surface area contributed by atoms with Gasteiger partial charge in [0.1, 0.15) is 11.6 Å². The fourth-order valence-electron chi connectivity index (χ4n) is 2.19. The van der Waals surface area contributed by atoms with E-state index in [1.807, 2.05) is 38.2 Å². The van der Waals surface area contributed by atoms with Crippen molar-refractivity contribution >= 4 is 31.9 Å². The third kappa shape index (κ3) is 3.84. The Morgan fingerprint density at radius 1 is 1.10 bits per heavy atom. The first-order valence-electron chi connectivity index (χ1n) is 6.61. The molecule has 0 amide bonds. The molecule has 0 fully saturated rings. The van der Waals surface area contributed by atoms with Crippen LogP contribution in [0.25, 0.3) is 0 Å². The Hall–Kier alpha value is -0.910. The van der Waals surface area contributed by atoms with Crippen LogP contribution in [-0.4, -0.2) is 13.7 Å². The summed E-state index contributed by atoms with van der Waals surface area (Å²) in [5.74, 6) is 0.538. The number of hydrogen-bond acceptors (Lipinski definition) is 2. The number of nitrogens with one attached hydrogen (secondary N) is 1. The average molecular weight is 417 g/mol. The van der Waals surface area contributed by atoms with E-state index in [0.29, 0.717) is 11.1 Å². The molecule has 0 aliphatic rings. The molecule has 1 unspecified atom stereocenters. The van der Waals surface area contributed by atoms with E-state index in [4.69, 9.17) is 4.74 Å². The molecule has 0 aliphatic carbocycles. The van der Waals surface area contributed by atoms with Crippen molar-refractivity contribution in [3.05, 3.63) is 62.3 Å². The number of benzene rings is 2. The van der Waals surface area contributed by atoms with E-state index in [-0.39, 0.29) is 11.9 Å². The van der Waals surface area contributed by atoms with Gasteiger partial charge in [-0.1, -0.05) is 12.1 Å². The van der Waals surface area contributed by atoms with Crippen molar-refractivity contribution in [2.75, 3.05) is 13.7 Å². The number of ether oxygens (including phenoxy) is 1. The highest BCUT2D eigenvalue weighted by Gasteiger charge is 2.15. The lowest BCUT2D eigenvalue weighted by atomic mass is 9.99. The van der Waals surface area contributed by atoms with E-state index in [0.717, 1.165) is 21.3 Å². The van der Waals surface area contributed by atoms with Crippen LogP contribution < -0.4 is 10.1 Å². The van der Waals surface area contributed by atoms with Crippen LogP contribution in [0.4, 0.5) is 4.39 Å². The van der Waals surface area contributed by atoms with Crippen LogP contribution in [0.5, 0.6) is 5.75 Å². The van der Waals surface area contributed by atoms with Gasteiger partial charge < -0.3 is 10.1 Å². The molecule has 0 saturated carbocycles. The van der Waals surface area contributed by atoms with Crippen molar-refractivity contribution in [3.8, 4) is 5.75 Å². The topological polar surface area (TPSA) is 21.3 Å². The van der Waals surface area contributed by atoms with E-state index in [1.165, 1.54) is 6.07 Å². The molecule has 0 aromatic heterocycles. The van der Waals surface area contributed by atoms with Crippen LogP contribution in [0.1, 0.15) is 24.1 Å². The zero-order valence-electron chi connectivity index (χ0n) is 11.8. The molecule has 1 N–H and O–H groups in total. The summed E-state index contributed by atoms with van der Waals surface area (Å²) in [6.07, 6.45) is 0. The maximum absolute atomic E-state index is 13.7. The summed E-state index contributed by atoms with van der Waals surface area (Å²) in [6.45, 7) is 2.56. The van der Waals surface area contributed by atoms with Crippen LogP contribution in [0, 0.1) is 5.82 Å². The molecule has 2 aromatic carbocycles. The molecule has 0 radical (unpaired) electrons. The van der Waals surface area contributed by atoms with Gasteiger partial charge in [-0.3, -0.25) is 0 Å². The summed E-state index contributed by atoms with van der Waals surface area (Å²) in [5, 5.41) is 3.22. The molecule has 2 nitrogen and oxygen atoms in total. The van der Waals surface area contributed by atoms with Gasteiger partial charge in [0.2, 0.25) is 0 Å². The lowest BCUT2D eigenvalue weighted by Crippen LogP contribution is -2.18. The third-order valence-corrected chi connectivity index (χ3v) is 4.42. The molecule has 0 bridgehead atoms. The number of halogens is 3.